The van der Waals surface area contributed by atoms with Crippen LogP contribution in [0.5, 0.6) is 0 Å². The Morgan fingerprint density at radius 3 is 1.59 bits per heavy atom. The molecular weight excluding hydrogens is 292 g/mol. The third-order valence-electron chi connectivity index (χ3n) is 3.50. The van der Waals surface area contributed by atoms with Crippen molar-refractivity contribution in [2.45, 2.75) is 56.7 Å². The number of sulfone groups is 1. The summed E-state index contributed by atoms with van der Waals surface area (Å²) in [4.78, 5) is 0.707. The molecule has 0 saturated carbocycles. The van der Waals surface area contributed by atoms with E-state index in [1.54, 1.807) is 24.3 Å². The van der Waals surface area contributed by atoms with Crippen LogP contribution in [0.2, 0.25) is 0 Å². The van der Waals surface area contributed by atoms with Gasteiger partial charge in [0.2, 0.25) is 9.84 Å². The van der Waals surface area contributed by atoms with Gasteiger partial charge in [0.1, 0.15) is 0 Å². The van der Waals surface area contributed by atoms with Crippen LogP contribution < -0.4 is 0 Å². The molecular formula is C19H26O2S. The molecule has 3 heteroatoms. The first kappa shape index (κ1) is 18.4. The summed E-state index contributed by atoms with van der Waals surface area (Å²) in [6, 6.07) is 14.3. The molecule has 2 rings (SSSR count). The zero-order valence-corrected chi connectivity index (χ0v) is 14.9. The second-order valence-corrected chi connectivity index (χ2v) is 7.17. The number of hydrogen-bond donors (Lipinski definition) is 0. The highest BCUT2D eigenvalue weighted by molar-refractivity contribution is 7.91. The largest absolute Gasteiger partial charge is 0.219 e. The highest BCUT2D eigenvalue weighted by Gasteiger charge is 2.17. The van der Waals surface area contributed by atoms with E-state index in [9.17, 15) is 8.42 Å². The van der Waals surface area contributed by atoms with Gasteiger partial charge in [0.25, 0.3) is 0 Å². The van der Waals surface area contributed by atoms with Gasteiger partial charge in [-0.25, -0.2) is 8.42 Å². The van der Waals surface area contributed by atoms with Crippen molar-refractivity contribution in [3.63, 3.8) is 0 Å². The number of aryl methyl sites for hydroxylation is 1. The molecule has 2 aromatic carbocycles. The van der Waals surface area contributed by atoms with Crippen molar-refractivity contribution in [1.29, 1.82) is 0 Å². The number of hydrogen-bond acceptors (Lipinski definition) is 2. The molecule has 0 radical (unpaired) electrons. The summed E-state index contributed by atoms with van der Waals surface area (Å²) in [5.74, 6) is 0.399. The van der Waals surface area contributed by atoms with E-state index in [-0.39, 0.29) is 0 Å². The standard InChI is InChI=1S/C17H20O2S.C2H6/c1-4-14-5-9-16(10-6-14)20(18,19)17-11-7-15(8-12-17)13(2)3;1-2/h5-13H,4H2,1-3H3;1-2H3. The van der Waals surface area contributed by atoms with Gasteiger partial charge in [0, 0.05) is 0 Å². The smallest absolute Gasteiger partial charge is 0.206 e. The van der Waals surface area contributed by atoms with Crippen LogP contribution in [-0.2, 0) is 16.3 Å². The highest BCUT2D eigenvalue weighted by Crippen LogP contribution is 2.23. The molecule has 0 aliphatic heterocycles. The maximum absolute atomic E-state index is 12.5. The predicted molar refractivity (Wildman–Crippen MR) is 93.2 cm³/mol. The van der Waals surface area contributed by atoms with E-state index >= 15 is 0 Å². The lowest BCUT2D eigenvalue weighted by Gasteiger charge is -2.08. The van der Waals surface area contributed by atoms with Gasteiger partial charge in [-0.3, -0.25) is 0 Å². The zero-order valence-electron chi connectivity index (χ0n) is 14.1. The zero-order chi connectivity index (χ0) is 16.8. The second kappa shape index (κ2) is 8.14. The van der Waals surface area contributed by atoms with Gasteiger partial charge in [0.05, 0.1) is 9.79 Å². The van der Waals surface area contributed by atoms with Gasteiger partial charge >= 0.3 is 0 Å². The van der Waals surface area contributed by atoms with Crippen molar-refractivity contribution >= 4 is 9.84 Å². The van der Waals surface area contributed by atoms with Crippen LogP contribution in [0, 0.1) is 0 Å². The van der Waals surface area contributed by atoms with Crippen molar-refractivity contribution in [3.05, 3.63) is 59.7 Å². The Bertz CT molecular complexity index is 666. The first-order valence-corrected chi connectivity index (χ1v) is 9.37. The Balaban J connectivity index is 0.00000116. The average Bonchev–Trinajstić information content (AvgIpc) is 2.56. The molecule has 0 aliphatic carbocycles. The normalized spacial score (nSPS) is 11.0. The minimum absolute atomic E-state index is 0.353. The SMILES string of the molecule is CC.CCc1ccc(S(=O)(=O)c2ccc(C(C)C)cc2)cc1. The van der Waals surface area contributed by atoms with Gasteiger partial charge in [-0.15, -0.1) is 0 Å². The molecule has 120 valence electrons. The van der Waals surface area contributed by atoms with E-state index in [1.807, 2.05) is 45.0 Å². The highest BCUT2D eigenvalue weighted by atomic mass is 32.2. The van der Waals surface area contributed by atoms with Gasteiger partial charge in [-0.05, 0) is 47.7 Å². The molecule has 0 fully saturated rings. The maximum atomic E-state index is 12.5. The number of benzene rings is 2. The quantitative estimate of drug-likeness (QED) is 0.773. The minimum atomic E-state index is -3.41. The molecule has 0 bridgehead atoms. The van der Waals surface area contributed by atoms with E-state index in [2.05, 4.69) is 13.8 Å². The lowest BCUT2D eigenvalue weighted by molar-refractivity contribution is 0.596. The van der Waals surface area contributed by atoms with Crippen LogP contribution in [0.1, 0.15) is 51.7 Å². The number of rotatable bonds is 4. The van der Waals surface area contributed by atoms with Crippen molar-refractivity contribution in [3.8, 4) is 0 Å². The van der Waals surface area contributed by atoms with E-state index in [4.69, 9.17) is 0 Å². The topological polar surface area (TPSA) is 34.1 Å². The van der Waals surface area contributed by atoms with Crippen LogP contribution in [0.15, 0.2) is 58.3 Å². The van der Waals surface area contributed by atoms with Gasteiger partial charge in [-0.2, -0.15) is 0 Å². The van der Waals surface area contributed by atoms with Crippen molar-refractivity contribution < 1.29 is 8.42 Å². The average molecular weight is 318 g/mol. The third-order valence-corrected chi connectivity index (χ3v) is 5.28. The molecule has 0 unspecified atom stereocenters. The van der Waals surface area contributed by atoms with E-state index < -0.39 is 9.84 Å². The van der Waals surface area contributed by atoms with Crippen LogP contribution in [0.4, 0.5) is 0 Å². The molecule has 0 heterocycles. The first-order chi connectivity index (χ1) is 10.4. The molecule has 0 atom stereocenters. The Labute approximate surface area is 135 Å². The van der Waals surface area contributed by atoms with Crippen LogP contribution in [0.3, 0.4) is 0 Å². The fourth-order valence-electron chi connectivity index (χ4n) is 2.07. The van der Waals surface area contributed by atoms with Crippen molar-refractivity contribution in [2.24, 2.45) is 0 Å². The van der Waals surface area contributed by atoms with Crippen LogP contribution >= 0.6 is 0 Å². The van der Waals surface area contributed by atoms with Crippen molar-refractivity contribution in [1.82, 2.24) is 0 Å². The molecule has 0 aromatic heterocycles. The summed E-state index contributed by atoms with van der Waals surface area (Å²) in [7, 11) is -3.41. The predicted octanol–water partition coefficient (Wildman–Crippen LogP) is 5.23. The van der Waals surface area contributed by atoms with E-state index in [0.29, 0.717) is 15.7 Å². The minimum Gasteiger partial charge on any atom is -0.219 e. The Morgan fingerprint density at radius 1 is 0.818 bits per heavy atom. The summed E-state index contributed by atoms with van der Waals surface area (Å²) in [5.41, 5.74) is 2.28. The molecule has 0 N–H and O–H groups in total. The summed E-state index contributed by atoms with van der Waals surface area (Å²) >= 11 is 0. The molecule has 0 saturated heterocycles. The maximum Gasteiger partial charge on any atom is 0.206 e. The summed E-state index contributed by atoms with van der Waals surface area (Å²) < 4.78 is 25.0. The molecule has 22 heavy (non-hydrogen) atoms. The lowest BCUT2D eigenvalue weighted by atomic mass is 10.0. The molecule has 2 aromatic rings. The summed E-state index contributed by atoms with van der Waals surface area (Å²) in [6.45, 7) is 10.2. The summed E-state index contributed by atoms with van der Waals surface area (Å²) in [5, 5.41) is 0. The lowest BCUT2D eigenvalue weighted by Crippen LogP contribution is -2.02. The second-order valence-electron chi connectivity index (χ2n) is 5.22. The third kappa shape index (κ3) is 4.20. The Morgan fingerprint density at radius 2 is 1.23 bits per heavy atom. The fourth-order valence-corrected chi connectivity index (χ4v) is 3.33. The fraction of sp³-hybridized carbons (Fsp3) is 0.368. The molecule has 0 aliphatic rings. The van der Waals surface area contributed by atoms with Gasteiger partial charge in [0.15, 0.2) is 0 Å². The summed E-state index contributed by atoms with van der Waals surface area (Å²) in [6.07, 6.45) is 0.906. The molecule has 2 nitrogen and oxygen atoms in total. The van der Waals surface area contributed by atoms with Gasteiger partial charge in [-0.1, -0.05) is 58.9 Å². The molecule has 0 spiro atoms. The van der Waals surface area contributed by atoms with Crippen LogP contribution in [0.25, 0.3) is 0 Å². The van der Waals surface area contributed by atoms with E-state index in [1.165, 1.54) is 0 Å². The monoisotopic (exact) mass is 318 g/mol. The molecule has 0 amide bonds. The van der Waals surface area contributed by atoms with E-state index in [0.717, 1.165) is 17.5 Å². The Hall–Kier alpha value is -1.61. The Kier molecular flexibility index (Phi) is 6.82. The van der Waals surface area contributed by atoms with Crippen molar-refractivity contribution in [2.75, 3.05) is 0 Å². The first-order valence-electron chi connectivity index (χ1n) is 7.89. The van der Waals surface area contributed by atoms with Gasteiger partial charge < -0.3 is 0 Å². The van der Waals surface area contributed by atoms with Crippen LogP contribution in [-0.4, -0.2) is 8.42 Å².